The number of nitro groups is 2. The average molecular weight is 363 g/mol. The molecule has 10 nitrogen and oxygen atoms in total. The van der Waals surface area contributed by atoms with E-state index in [9.17, 15) is 25.0 Å². The molecule has 0 radical (unpaired) electrons. The Balaban J connectivity index is 2.64. The molecule has 1 heterocycles. The molecule has 1 atom stereocenters. The highest BCUT2D eigenvalue weighted by Crippen LogP contribution is 2.39. The Bertz CT molecular complexity index is 829. The molecule has 1 aromatic carbocycles. The monoisotopic (exact) mass is 363 g/mol. The van der Waals surface area contributed by atoms with E-state index in [4.69, 9.17) is 9.84 Å². The summed E-state index contributed by atoms with van der Waals surface area (Å²) in [6.07, 6.45) is 0. The van der Waals surface area contributed by atoms with Crippen LogP contribution in [0.1, 0.15) is 25.3 Å². The van der Waals surface area contributed by atoms with Crippen LogP contribution in [0, 0.1) is 20.2 Å². The van der Waals surface area contributed by atoms with Crippen LogP contribution < -0.4 is 5.32 Å². The summed E-state index contributed by atoms with van der Waals surface area (Å²) in [6, 6.07) is 5.33. The lowest BCUT2D eigenvalue weighted by Gasteiger charge is -2.26. The normalized spacial score (nSPS) is 17.0. The van der Waals surface area contributed by atoms with Crippen LogP contribution in [-0.4, -0.2) is 34.1 Å². The SMILES string of the molecule is CC1=C(C(=O)OCCO)C(c2cccc([N+](=O)[O-])c2)C([N+](=O)[O-])=C(C)N1. The van der Waals surface area contributed by atoms with Gasteiger partial charge in [0.1, 0.15) is 12.5 Å². The fourth-order valence-corrected chi connectivity index (χ4v) is 2.85. The summed E-state index contributed by atoms with van der Waals surface area (Å²) in [6.45, 7) is 2.37. The van der Waals surface area contributed by atoms with Gasteiger partial charge in [0.2, 0.25) is 0 Å². The van der Waals surface area contributed by atoms with Crippen molar-refractivity contribution in [2.24, 2.45) is 0 Å². The minimum absolute atomic E-state index is 0.0313. The minimum Gasteiger partial charge on any atom is -0.460 e. The van der Waals surface area contributed by atoms with Crippen molar-refractivity contribution in [1.82, 2.24) is 5.32 Å². The summed E-state index contributed by atoms with van der Waals surface area (Å²) >= 11 is 0. The number of esters is 1. The van der Waals surface area contributed by atoms with Crippen molar-refractivity contribution in [3.8, 4) is 0 Å². The van der Waals surface area contributed by atoms with E-state index in [-0.39, 0.29) is 34.8 Å². The number of ether oxygens (including phenoxy) is 1. The van der Waals surface area contributed by atoms with Gasteiger partial charge >= 0.3 is 5.97 Å². The number of hydrogen-bond acceptors (Lipinski definition) is 8. The minimum atomic E-state index is -1.14. The molecule has 0 spiro atoms. The van der Waals surface area contributed by atoms with Gasteiger partial charge < -0.3 is 15.2 Å². The van der Waals surface area contributed by atoms with Gasteiger partial charge in [0.15, 0.2) is 0 Å². The third-order valence-electron chi connectivity index (χ3n) is 3.88. The highest BCUT2D eigenvalue weighted by molar-refractivity contribution is 5.92. The molecule has 1 unspecified atom stereocenters. The molecule has 0 saturated carbocycles. The predicted molar refractivity (Wildman–Crippen MR) is 89.4 cm³/mol. The number of aliphatic hydroxyl groups is 1. The van der Waals surface area contributed by atoms with Gasteiger partial charge in [-0.05, 0) is 19.4 Å². The zero-order valence-electron chi connectivity index (χ0n) is 14.1. The Morgan fingerprint density at radius 2 is 1.92 bits per heavy atom. The van der Waals surface area contributed by atoms with Crippen molar-refractivity contribution in [3.05, 3.63) is 72.7 Å². The maximum atomic E-state index is 12.4. The zero-order valence-corrected chi connectivity index (χ0v) is 14.1. The second kappa shape index (κ2) is 7.74. The van der Waals surface area contributed by atoms with E-state index in [1.165, 1.54) is 31.2 Å². The van der Waals surface area contributed by atoms with E-state index in [0.717, 1.165) is 0 Å². The molecule has 0 saturated heterocycles. The van der Waals surface area contributed by atoms with Crippen LogP contribution in [-0.2, 0) is 9.53 Å². The second-order valence-corrected chi connectivity index (χ2v) is 5.58. The number of carbonyl (C=O) groups is 1. The average Bonchev–Trinajstić information content (AvgIpc) is 2.58. The number of allylic oxidation sites excluding steroid dienone is 3. The maximum Gasteiger partial charge on any atom is 0.337 e. The summed E-state index contributed by atoms with van der Waals surface area (Å²) in [5, 5.41) is 34.3. The van der Waals surface area contributed by atoms with Crippen LogP contribution in [0.5, 0.6) is 0 Å². The first-order valence-electron chi connectivity index (χ1n) is 7.63. The van der Waals surface area contributed by atoms with Gasteiger partial charge in [-0.2, -0.15) is 0 Å². The molecule has 10 heteroatoms. The van der Waals surface area contributed by atoms with Crippen molar-refractivity contribution >= 4 is 11.7 Å². The van der Waals surface area contributed by atoms with Gasteiger partial charge in [-0.15, -0.1) is 0 Å². The molecule has 2 N–H and O–H groups in total. The first-order valence-corrected chi connectivity index (χ1v) is 7.63. The largest absolute Gasteiger partial charge is 0.460 e. The summed E-state index contributed by atoms with van der Waals surface area (Å²) in [4.78, 5) is 33.9. The van der Waals surface area contributed by atoms with Crippen molar-refractivity contribution in [1.29, 1.82) is 0 Å². The number of rotatable bonds is 6. The van der Waals surface area contributed by atoms with Gasteiger partial charge in [-0.1, -0.05) is 12.1 Å². The molecule has 26 heavy (non-hydrogen) atoms. The third kappa shape index (κ3) is 3.70. The van der Waals surface area contributed by atoms with Crippen LogP contribution >= 0.6 is 0 Å². The number of carbonyl (C=O) groups excluding carboxylic acids is 1. The van der Waals surface area contributed by atoms with E-state index in [2.05, 4.69) is 5.32 Å². The number of nitrogens with zero attached hydrogens (tertiary/aromatic N) is 2. The van der Waals surface area contributed by atoms with Crippen LogP contribution in [0.2, 0.25) is 0 Å². The smallest absolute Gasteiger partial charge is 0.337 e. The first-order chi connectivity index (χ1) is 12.3. The summed E-state index contributed by atoms with van der Waals surface area (Å²) < 4.78 is 4.93. The van der Waals surface area contributed by atoms with E-state index < -0.39 is 28.3 Å². The highest BCUT2D eigenvalue weighted by atomic mass is 16.6. The molecule has 0 amide bonds. The van der Waals surface area contributed by atoms with Crippen LogP contribution in [0.25, 0.3) is 0 Å². The molecule has 0 aromatic heterocycles. The molecule has 1 aliphatic rings. The Morgan fingerprint density at radius 3 is 2.50 bits per heavy atom. The topological polar surface area (TPSA) is 145 Å². The lowest BCUT2D eigenvalue weighted by molar-refractivity contribution is -0.431. The van der Waals surface area contributed by atoms with Gasteiger partial charge in [0.05, 0.1) is 27.7 Å². The number of benzene rings is 1. The quantitative estimate of drug-likeness (QED) is 0.440. The zero-order chi connectivity index (χ0) is 19.4. The second-order valence-electron chi connectivity index (χ2n) is 5.58. The van der Waals surface area contributed by atoms with Crippen LogP contribution in [0.3, 0.4) is 0 Å². The van der Waals surface area contributed by atoms with Crippen molar-refractivity contribution in [3.63, 3.8) is 0 Å². The number of nitro benzene ring substituents is 1. The first kappa shape index (κ1) is 19.1. The van der Waals surface area contributed by atoms with Gasteiger partial charge in [-0.3, -0.25) is 20.2 Å². The fraction of sp³-hybridized carbons (Fsp3) is 0.312. The molecule has 0 aliphatic carbocycles. The Hall–Kier alpha value is -3.27. The van der Waals surface area contributed by atoms with Crippen molar-refractivity contribution in [2.45, 2.75) is 19.8 Å². The molecule has 2 rings (SSSR count). The van der Waals surface area contributed by atoms with Gasteiger partial charge in [0, 0.05) is 17.8 Å². The molecule has 1 aliphatic heterocycles. The number of non-ortho nitro benzene ring substituents is 1. The van der Waals surface area contributed by atoms with E-state index in [1.807, 2.05) is 0 Å². The number of nitrogens with one attached hydrogen (secondary N) is 1. The Morgan fingerprint density at radius 1 is 1.23 bits per heavy atom. The molecular formula is C16H17N3O7. The molecule has 1 aromatic rings. The Labute approximate surface area is 148 Å². The van der Waals surface area contributed by atoms with E-state index >= 15 is 0 Å². The van der Waals surface area contributed by atoms with Gasteiger partial charge in [-0.25, -0.2) is 4.79 Å². The fourth-order valence-electron chi connectivity index (χ4n) is 2.85. The highest BCUT2D eigenvalue weighted by Gasteiger charge is 2.41. The van der Waals surface area contributed by atoms with Gasteiger partial charge in [0.25, 0.3) is 11.4 Å². The standard InChI is InChI=1S/C16H17N3O7/c1-9-13(16(21)26-7-6-20)14(15(19(24)25)10(2)17-9)11-4-3-5-12(8-11)18(22)23/h3-5,8,14,17,20H,6-7H2,1-2H3. The third-order valence-corrected chi connectivity index (χ3v) is 3.88. The van der Waals surface area contributed by atoms with Crippen LogP contribution in [0.15, 0.2) is 46.9 Å². The van der Waals surface area contributed by atoms with Crippen molar-refractivity contribution < 1.29 is 24.5 Å². The lowest BCUT2D eigenvalue weighted by atomic mass is 9.84. The summed E-state index contributed by atoms with van der Waals surface area (Å²) in [7, 11) is 0. The molecule has 138 valence electrons. The number of dihydropyridines is 1. The van der Waals surface area contributed by atoms with E-state index in [0.29, 0.717) is 5.70 Å². The summed E-state index contributed by atoms with van der Waals surface area (Å²) in [5.41, 5.74) is 0.211. The van der Waals surface area contributed by atoms with Crippen molar-refractivity contribution in [2.75, 3.05) is 13.2 Å². The molecule has 0 fully saturated rings. The Kier molecular flexibility index (Phi) is 5.68. The van der Waals surface area contributed by atoms with E-state index in [1.54, 1.807) is 6.92 Å². The molecule has 0 bridgehead atoms. The summed E-state index contributed by atoms with van der Waals surface area (Å²) in [5.74, 6) is -1.98. The number of hydrogen-bond donors (Lipinski definition) is 2. The maximum absolute atomic E-state index is 12.4. The van der Waals surface area contributed by atoms with Crippen LogP contribution in [0.4, 0.5) is 5.69 Å². The number of aliphatic hydroxyl groups excluding tert-OH is 1. The predicted octanol–water partition coefficient (Wildman–Crippen LogP) is 1.60. The lowest BCUT2D eigenvalue weighted by Crippen LogP contribution is -2.32. The molecular weight excluding hydrogens is 346 g/mol.